The Morgan fingerprint density at radius 3 is 2.25 bits per heavy atom. The molecule has 0 aromatic heterocycles. The first-order valence-corrected chi connectivity index (χ1v) is 13.3. The molecule has 5 nitrogen and oxygen atoms in total. The number of hydrogen-bond acceptors (Lipinski definition) is 4. The Morgan fingerprint density at radius 2 is 1.72 bits per heavy atom. The molecule has 1 atom stereocenters. The Morgan fingerprint density at radius 1 is 1.08 bits per heavy atom. The quantitative estimate of drug-likeness (QED) is 0.303. The van der Waals surface area contributed by atoms with Crippen LogP contribution in [0, 0.1) is 13.8 Å². The van der Waals surface area contributed by atoms with Crippen LogP contribution in [0.25, 0.3) is 6.08 Å². The van der Waals surface area contributed by atoms with Crippen LogP contribution < -0.4 is 4.74 Å². The lowest BCUT2D eigenvalue weighted by atomic mass is 9.70. The van der Waals surface area contributed by atoms with E-state index < -0.39 is 17.7 Å². The number of aliphatic carboxylic acids is 1. The van der Waals surface area contributed by atoms with E-state index in [4.69, 9.17) is 9.84 Å². The molecule has 1 saturated carbocycles. The maximum absolute atomic E-state index is 10.7. The lowest BCUT2D eigenvalue weighted by Gasteiger charge is -2.34. The Bertz CT molecular complexity index is 1060. The molecule has 0 bridgehead atoms. The van der Waals surface area contributed by atoms with E-state index in [1.54, 1.807) is 0 Å². The third-order valence-corrected chi connectivity index (χ3v) is 7.91. The monoisotopic (exact) mass is 494 g/mol. The van der Waals surface area contributed by atoms with Crippen LogP contribution in [0.5, 0.6) is 5.75 Å². The molecule has 0 spiro atoms. The van der Waals surface area contributed by atoms with Crippen molar-refractivity contribution in [3.8, 4) is 5.75 Å². The van der Waals surface area contributed by atoms with Crippen molar-refractivity contribution in [2.45, 2.75) is 96.2 Å². The summed E-state index contributed by atoms with van der Waals surface area (Å²) in [6, 6.07) is 13.0. The summed E-state index contributed by atoms with van der Waals surface area (Å²) >= 11 is 0. The zero-order valence-electron chi connectivity index (χ0n) is 22.2. The molecule has 2 aromatic carbocycles. The van der Waals surface area contributed by atoms with E-state index in [-0.39, 0.29) is 18.4 Å². The van der Waals surface area contributed by atoms with Gasteiger partial charge in [0.25, 0.3) is 0 Å². The number of carboxylic acid groups (broad SMARTS) is 1. The molecule has 3 rings (SSSR count). The maximum atomic E-state index is 10.7. The predicted octanol–water partition coefficient (Wildman–Crippen LogP) is 6.33. The number of aliphatic hydroxyl groups excluding tert-OH is 1. The fourth-order valence-corrected chi connectivity index (χ4v) is 5.21. The summed E-state index contributed by atoms with van der Waals surface area (Å²) in [4.78, 5) is 10.7. The normalized spacial score (nSPS) is 16.1. The molecule has 0 heterocycles. The zero-order chi connectivity index (χ0) is 26.3. The third-order valence-electron chi connectivity index (χ3n) is 7.91. The molecule has 1 unspecified atom stereocenters. The van der Waals surface area contributed by atoms with E-state index in [1.807, 2.05) is 19.1 Å². The van der Waals surface area contributed by atoms with Crippen LogP contribution in [0.3, 0.4) is 0 Å². The van der Waals surface area contributed by atoms with Gasteiger partial charge in [-0.1, -0.05) is 56.3 Å². The number of carboxylic acids is 1. The number of aliphatic hydroxyl groups is 2. The Hall–Kier alpha value is -2.63. The fraction of sp³-hybridized carbons (Fsp3) is 0.516. The lowest BCUT2D eigenvalue weighted by molar-refractivity contribution is -0.137. The van der Waals surface area contributed by atoms with Crippen molar-refractivity contribution in [1.82, 2.24) is 0 Å². The zero-order valence-corrected chi connectivity index (χ0v) is 22.2. The molecule has 196 valence electrons. The average molecular weight is 495 g/mol. The second-order valence-corrected chi connectivity index (χ2v) is 10.4. The first kappa shape index (κ1) is 27.9. The highest BCUT2D eigenvalue weighted by atomic mass is 16.5. The van der Waals surface area contributed by atoms with E-state index in [9.17, 15) is 15.0 Å². The number of aryl methyl sites for hydroxylation is 2. The predicted molar refractivity (Wildman–Crippen MR) is 145 cm³/mol. The lowest BCUT2D eigenvalue weighted by Crippen LogP contribution is -2.33. The summed E-state index contributed by atoms with van der Waals surface area (Å²) in [5.74, 6) is -0.110. The third kappa shape index (κ3) is 6.57. The molecule has 0 aliphatic heterocycles. The molecule has 2 aromatic rings. The van der Waals surface area contributed by atoms with Gasteiger partial charge in [0.15, 0.2) is 0 Å². The summed E-state index contributed by atoms with van der Waals surface area (Å²) in [5, 5.41) is 29.3. The van der Waals surface area contributed by atoms with Gasteiger partial charge in [0, 0.05) is 11.8 Å². The smallest absolute Gasteiger partial charge is 0.303 e. The highest BCUT2D eigenvalue weighted by Gasteiger charge is 2.32. The van der Waals surface area contributed by atoms with Gasteiger partial charge in [0.2, 0.25) is 0 Å². The van der Waals surface area contributed by atoms with E-state index in [2.05, 4.69) is 57.2 Å². The van der Waals surface area contributed by atoms with Crippen molar-refractivity contribution in [1.29, 1.82) is 0 Å². The summed E-state index contributed by atoms with van der Waals surface area (Å²) in [6.45, 7) is 8.76. The molecule has 36 heavy (non-hydrogen) atoms. The fourth-order valence-electron chi connectivity index (χ4n) is 5.21. The van der Waals surface area contributed by atoms with Gasteiger partial charge in [0.05, 0.1) is 11.7 Å². The Labute approximate surface area is 215 Å². The van der Waals surface area contributed by atoms with Crippen molar-refractivity contribution < 1.29 is 24.9 Å². The van der Waals surface area contributed by atoms with Gasteiger partial charge in [-0.25, -0.2) is 0 Å². The van der Waals surface area contributed by atoms with Gasteiger partial charge < -0.3 is 20.1 Å². The van der Waals surface area contributed by atoms with Gasteiger partial charge in [0.1, 0.15) is 12.4 Å². The molecular formula is C31H42O5. The highest BCUT2D eigenvalue weighted by Crippen LogP contribution is 2.41. The Balaban J connectivity index is 1.76. The number of benzene rings is 2. The summed E-state index contributed by atoms with van der Waals surface area (Å²) in [5.41, 5.74) is 5.13. The van der Waals surface area contributed by atoms with Crippen LogP contribution in [-0.2, 0) is 10.2 Å². The first-order chi connectivity index (χ1) is 17.1. The summed E-state index contributed by atoms with van der Waals surface area (Å²) < 4.78 is 5.87. The molecule has 0 radical (unpaired) electrons. The van der Waals surface area contributed by atoms with Gasteiger partial charge in [-0.15, -0.1) is 0 Å². The molecule has 0 amide bonds. The van der Waals surface area contributed by atoms with Gasteiger partial charge in [-0.2, -0.15) is 0 Å². The number of rotatable bonds is 13. The molecule has 1 fully saturated rings. The van der Waals surface area contributed by atoms with Crippen molar-refractivity contribution in [3.05, 3.63) is 70.3 Å². The van der Waals surface area contributed by atoms with Crippen molar-refractivity contribution in [2.24, 2.45) is 0 Å². The van der Waals surface area contributed by atoms with E-state index >= 15 is 0 Å². The van der Waals surface area contributed by atoms with Crippen LogP contribution in [0.1, 0.15) is 93.0 Å². The first-order valence-electron chi connectivity index (χ1n) is 13.3. The SMILES string of the molecule is CCC(CC)(c1ccc(C=CC2(O)CCC2)c(C)c1)c1ccc(OCC(O)CCCC(=O)O)c(C)c1. The molecule has 5 heteroatoms. The van der Waals surface area contributed by atoms with Crippen molar-refractivity contribution >= 4 is 12.0 Å². The molecule has 1 aliphatic rings. The van der Waals surface area contributed by atoms with Crippen LogP contribution >= 0.6 is 0 Å². The number of ether oxygens (including phenoxy) is 1. The number of carbonyl (C=O) groups is 1. The van der Waals surface area contributed by atoms with Gasteiger partial charge in [-0.3, -0.25) is 4.79 Å². The van der Waals surface area contributed by atoms with Crippen molar-refractivity contribution in [3.63, 3.8) is 0 Å². The second-order valence-electron chi connectivity index (χ2n) is 10.4. The van der Waals surface area contributed by atoms with Crippen LogP contribution in [0.2, 0.25) is 0 Å². The second kappa shape index (κ2) is 12.1. The minimum absolute atomic E-state index is 0.0554. The molecule has 3 N–H and O–H groups in total. The van der Waals surface area contributed by atoms with E-state index in [1.165, 1.54) is 16.7 Å². The highest BCUT2D eigenvalue weighted by molar-refractivity contribution is 5.66. The molecule has 1 aliphatic carbocycles. The maximum Gasteiger partial charge on any atom is 0.303 e. The summed E-state index contributed by atoms with van der Waals surface area (Å²) in [6.07, 6.45) is 8.92. The standard InChI is InChI=1S/C31H42O5/c1-5-31(6-2,25-12-11-24(22(3)19-25)15-18-30(35)16-8-17-30)26-13-14-28(23(4)20-26)36-21-27(32)9-7-10-29(33)34/h11-15,18-20,27,32,35H,5-10,16-17,21H2,1-4H3,(H,33,34). The molecular weight excluding hydrogens is 452 g/mol. The van der Waals surface area contributed by atoms with Gasteiger partial charge >= 0.3 is 5.97 Å². The summed E-state index contributed by atoms with van der Waals surface area (Å²) in [7, 11) is 0. The van der Waals surface area contributed by atoms with Crippen LogP contribution in [-0.4, -0.2) is 39.6 Å². The van der Waals surface area contributed by atoms with Gasteiger partial charge in [-0.05, 0) is 92.7 Å². The van der Waals surface area contributed by atoms with Crippen molar-refractivity contribution in [2.75, 3.05) is 6.61 Å². The average Bonchev–Trinajstić information content (AvgIpc) is 2.82. The largest absolute Gasteiger partial charge is 0.491 e. The molecule has 0 saturated heterocycles. The minimum Gasteiger partial charge on any atom is -0.491 e. The van der Waals surface area contributed by atoms with E-state index in [0.29, 0.717) is 12.8 Å². The van der Waals surface area contributed by atoms with E-state index in [0.717, 1.165) is 49.0 Å². The van der Waals surface area contributed by atoms with Crippen LogP contribution in [0.4, 0.5) is 0 Å². The topological polar surface area (TPSA) is 87.0 Å². The van der Waals surface area contributed by atoms with Crippen LogP contribution in [0.15, 0.2) is 42.5 Å². The minimum atomic E-state index is -0.849. The number of hydrogen-bond donors (Lipinski definition) is 3. The Kier molecular flexibility index (Phi) is 9.37.